The molecule has 0 bridgehead atoms. The monoisotopic (exact) mass is 294 g/mol. The van der Waals surface area contributed by atoms with Crippen LogP contribution in [0.4, 0.5) is 18.9 Å². The van der Waals surface area contributed by atoms with Crippen LogP contribution in [0.2, 0.25) is 0 Å². The minimum Gasteiger partial charge on any atom is -0.371 e. The third-order valence-corrected chi connectivity index (χ3v) is 3.82. The highest BCUT2D eigenvalue weighted by molar-refractivity contribution is 5.50. The average Bonchev–Trinajstić information content (AvgIpc) is 2.48. The molecule has 1 fully saturated rings. The van der Waals surface area contributed by atoms with Crippen molar-refractivity contribution >= 4 is 5.69 Å². The van der Waals surface area contributed by atoms with Crippen LogP contribution in [0.25, 0.3) is 0 Å². The minimum atomic E-state index is -4.31. The molecule has 5 heteroatoms. The number of piperidine rings is 1. The van der Waals surface area contributed by atoms with E-state index in [0.29, 0.717) is 18.8 Å². The van der Waals surface area contributed by atoms with E-state index >= 15 is 0 Å². The summed E-state index contributed by atoms with van der Waals surface area (Å²) in [5, 5.41) is 9.04. The molecule has 1 aromatic carbocycles. The molecule has 2 nitrogen and oxygen atoms in total. The average molecular weight is 294 g/mol. The molecule has 1 aromatic rings. The summed E-state index contributed by atoms with van der Waals surface area (Å²) < 4.78 is 38.2. The first kappa shape index (κ1) is 15.4. The standard InChI is InChI=1S/C16H17F3N2/c1-2-12(11-20)13-6-8-21(9-7-13)15-5-3-4-14(10-15)16(17,18)19/h3-5,10H,2,6-9H2,1H3. The second-order valence-corrected chi connectivity index (χ2v) is 5.08. The number of allylic oxidation sites excluding steroid dienone is 1. The van der Waals surface area contributed by atoms with Crippen LogP contribution in [-0.4, -0.2) is 13.1 Å². The summed E-state index contributed by atoms with van der Waals surface area (Å²) in [6.45, 7) is 3.26. The van der Waals surface area contributed by atoms with Crippen molar-refractivity contribution in [2.24, 2.45) is 0 Å². The van der Waals surface area contributed by atoms with Gasteiger partial charge in [-0.2, -0.15) is 18.4 Å². The summed E-state index contributed by atoms with van der Waals surface area (Å²) in [6.07, 6.45) is -2.11. The van der Waals surface area contributed by atoms with Gasteiger partial charge in [0.1, 0.15) is 0 Å². The van der Waals surface area contributed by atoms with Crippen molar-refractivity contribution in [1.82, 2.24) is 0 Å². The molecule has 2 rings (SSSR count). The largest absolute Gasteiger partial charge is 0.416 e. The van der Waals surface area contributed by atoms with Crippen LogP contribution in [0, 0.1) is 11.3 Å². The molecule has 0 N–H and O–H groups in total. The zero-order valence-corrected chi connectivity index (χ0v) is 11.9. The second-order valence-electron chi connectivity index (χ2n) is 5.08. The van der Waals surface area contributed by atoms with Gasteiger partial charge in [0.15, 0.2) is 0 Å². The fourth-order valence-corrected chi connectivity index (χ4v) is 2.62. The minimum absolute atomic E-state index is 0.596. The SMILES string of the molecule is CCC(C#N)=C1CCN(c2cccc(C(F)(F)F)c2)CC1. The quantitative estimate of drug-likeness (QED) is 0.749. The van der Waals surface area contributed by atoms with E-state index in [1.165, 1.54) is 12.1 Å². The molecule has 0 atom stereocenters. The Bertz CT molecular complexity index is 572. The maximum absolute atomic E-state index is 12.7. The molecule has 1 saturated heterocycles. The highest BCUT2D eigenvalue weighted by Crippen LogP contribution is 2.33. The Kier molecular flexibility index (Phi) is 4.56. The van der Waals surface area contributed by atoms with E-state index in [9.17, 15) is 13.2 Å². The van der Waals surface area contributed by atoms with E-state index in [1.807, 2.05) is 11.8 Å². The third-order valence-electron chi connectivity index (χ3n) is 3.82. The summed E-state index contributed by atoms with van der Waals surface area (Å²) in [4.78, 5) is 1.95. The van der Waals surface area contributed by atoms with E-state index in [4.69, 9.17) is 5.26 Å². The molecule has 0 aliphatic carbocycles. The predicted octanol–water partition coefficient (Wildman–Crippen LogP) is 4.54. The Labute approximate surface area is 122 Å². The molecule has 1 aliphatic heterocycles. The van der Waals surface area contributed by atoms with Gasteiger partial charge in [-0.15, -0.1) is 0 Å². The predicted molar refractivity (Wildman–Crippen MR) is 75.8 cm³/mol. The Balaban J connectivity index is 2.13. The van der Waals surface area contributed by atoms with Gasteiger partial charge in [0, 0.05) is 24.4 Å². The van der Waals surface area contributed by atoms with Crippen LogP contribution in [0.1, 0.15) is 31.7 Å². The molecular formula is C16H17F3N2. The number of rotatable bonds is 2. The van der Waals surface area contributed by atoms with Crippen LogP contribution >= 0.6 is 0 Å². The van der Waals surface area contributed by atoms with Crippen LogP contribution in [0.5, 0.6) is 0 Å². The van der Waals surface area contributed by atoms with E-state index in [2.05, 4.69) is 6.07 Å². The van der Waals surface area contributed by atoms with Crippen molar-refractivity contribution in [1.29, 1.82) is 5.26 Å². The number of benzene rings is 1. The molecule has 0 saturated carbocycles. The Morgan fingerprint density at radius 2 is 1.95 bits per heavy atom. The van der Waals surface area contributed by atoms with Crippen LogP contribution in [-0.2, 0) is 6.18 Å². The fourth-order valence-electron chi connectivity index (χ4n) is 2.62. The lowest BCUT2D eigenvalue weighted by Gasteiger charge is -2.31. The maximum Gasteiger partial charge on any atom is 0.416 e. The van der Waals surface area contributed by atoms with Gasteiger partial charge in [-0.3, -0.25) is 0 Å². The van der Waals surface area contributed by atoms with E-state index < -0.39 is 11.7 Å². The van der Waals surface area contributed by atoms with Gasteiger partial charge >= 0.3 is 6.18 Å². The summed E-state index contributed by atoms with van der Waals surface area (Å²) in [5.74, 6) is 0. The van der Waals surface area contributed by atoms with Crippen molar-refractivity contribution in [2.75, 3.05) is 18.0 Å². The molecular weight excluding hydrogens is 277 g/mol. The summed E-state index contributed by atoms with van der Waals surface area (Å²) in [6, 6.07) is 7.64. The summed E-state index contributed by atoms with van der Waals surface area (Å²) in [7, 11) is 0. The number of hydrogen-bond donors (Lipinski definition) is 0. The fraction of sp³-hybridized carbons (Fsp3) is 0.438. The molecule has 0 radical (unpaired) electrons. The Hall–Kier alpha value is -1.96. The first-order valence-electron chi connectivity index (χ1n) is 6.99. The van der Waals surface area contributed by atoms with Crippen molar-refractivity contribution in [3.05, 3.63) is 41.0 Å². The molecule has 1 aliphatic rings. The van der Waals surface area contributed by atoms with E-state index in [1.54, 1.807) is 6.07 Å². The first-order valence-corrected chi connectivity index (χ1v) is 6.99. The highest BCUT2D eigenvalue weighted by atomic mass is 19.4. The number of nitrogens with zero attached hydrogens (tertiary/aromatic N) is 2. The van der Waals surface area contributed by atoms with Gasteiger partial charge in [0.25, 0.3) is 0 Å². The third kappa shape index (κ3) is 3.57. The number of anilines is 1. The second kappa shape index (κ2) is 6.21. The lowest BCUT2D eigenvalue weighted by Crippen LogP contribution is -2.31. The number of halogens is 3. The van der Waals surface area contributed by atoms with Crippen molar-refractivity contribution in [2.45, 2.75) is 32.4 Å². The van der Waals surface area contributed by atoms with Gasteiger partial charge in [-0.25, -0.2) is 0 Å². The van der Waals surface area contributed by atoms with Gasteiger partial charge in [-0.1, -0.05) is 18.6 Å². The molecule has 21 heavy (non-hydrogen) atoms. The number of hydrogen-bond acceptors (Lipinski definition) is 2. The zero-order chi connectivity index (χ0) is 15.5. The van der Waals surface area contributed by atoms with Gasteiger partial charge in [0.2, 0.25) is 0 Å². The molecule has 1 heterocycles. The lowest BCUT2D eigenvalue weighted by atomic mass is 9.96. The van der Waals surface area contributed by atoms with Gasteiger partial charge < -0.3 is 4.90 Å². The van der Waals surface area contributed by atoms with Crippen LogP contribution in [0.15, 0.2) is 35.4 Å². The maximum atomic E-state index is 12.7. The molecule has 0 amide bonds. The van der Waals surface area contributed by atoms with Crippen molar-refractivity contribution in [3.63, 3.8) is 0 Å². The first-order chi connectivity index (χ1) is 9.95. The summed E-state index contributed by atoms with van der Waals surface area (Å²) >= 11 is 0. The molecule has 0 spiro atoms. The van der Waals surface area contributed by atoms with Crippen LogP contribution < -0.4 is 4.90 Å². The zero-order valence-electron chi connectivity index (χ0n) is 11.9. The van der Waals surface area contributed by atoms with Crippen molar-refractivity contribution in [3.8, 4) is 6.07 Å². The van der Waals surface area contributed by atoms with Crippen LogP contribution in [0.3, 0.4) is 0 Å². The smallest absolute Gasteiger partial charge is 0.371 e. The van der Waals surface area contributed by atoms with Crippen molar-refractivity contribution < 1.29 is 13.2 Å². The molecule has 0 unspecified atom stereocenters. The Morgan fingerprint density at radius 3 is 2.48 bits per heavy atom. The Morgan fingerprint density at radius 1 is 1.29 bits per heavy atom. The van der Waals surface area contributed by atoms with E-state index in [0.717, 1.165) is 36.5 Å². The van der Waals surface area contributed by atoms with Gasteiger partial charge in [0.05, 0.1) is 11.6 Å². The molecule has 112 valence electrons. The van der Waals surface area contributed by atoms with Gasteiger partial charge in [-0.05, 0) is 37.5 Å². The summed E-state index contributed by atoms with van der Waals surface area (Å²) in [5.41, 5.74) is 1.94. The van der Waals surface area contributed by atoms with E-state index in [-0.39, 0.29) is 0 Å². The number of nitriles is 1. The lowest BCUT2D eigenvalue weighted by molar-refractivity contribution is -0.137. The topological polar surface area (TPSA) is 27.0 Å². The molecule has 0 aromatic heterocycles. The highest BCUT2D eigenvalue weighted by Gasteiger charge is 2.31. The normalized spacial score (nSPS) is 15.8. The number of alkyl halides is 3.